The van der Waals surface area contributed by atoms with E-state index in [0.29, 0.717) is 31.9 Å². The minimum Gasteiger partial charge on any atom is -0.486 e. The zero-order chi connectivity index (χ0) is 18.2. The van der Waals surface area contributed by atoms with E-state index in [1.807, 2.05) is 47.4 Å². The fourth-order valence-electron chi connectivity index (χ4n) is 3.17. The molecule has 4 heteroatoms. The van der Waals surface area contributed by atoms with Crippen LogP contribution in [0.15, 0.2) is 54.6 Å². The summed E-state index contributed by atoms with van der Waals surface area (Å²) in [6, 6.07) is 17.8. The number of nitrogens with zero attached hydrogens (tertiary/aromatic N) is 1. The summed E-state index contributed by atoms with van der Waals surface area (Å²) in [5.41, 5.74) is 1.84. The Kier molecular flexibility index (Phi) is 6.67. The molecule has 2 aromatic carbocycles. The van der Waals surface area contributed by atoms with Gasteiger partial charge in [0.05, 0.1) is 13.2 Å². The van der Waals surface area contributed by atoms with E-state index in [1.165, 1.54) is 5.56 Å². The molecule has 0 N–H and O–H groups in total. The number of hydrogen-bond acceptors (Lipinski definition) is 3. The Morgan fingerprint density at radius 2 is 1.88 bits per heavy atom. The average Bonchev–Trinajstić information content (AvgIpc) is 2.72. The Balaban J connectivity index is 1.74. The fraction of sp³-hybridized carbons (Fsp3) is 0.409. The van der Waals surface area contributed by atoms with Gasteiger partial charge in [0.1, 0.15) is 11.9 Å². The van der Waals surface area contributed by atoms with E-state index >= 15 is 0 Å². The molecule has 138 valence electrons. The van der Waals surface area contributed by atoms with E-state index in [9.17, 15) is 4.79 Å². The Morgan fingerprint density at radius 3 is 2.62 bits per heavy atom. The number of carbonyl (C=O) groups excluding carboxylic acids is 1. The van der Waals surface area contributed by atoms with E-state index in [4.69, 9.17) is 9.47 Å². The van der Waals surface area contributed by atoms with Crippen molar-refractivity contribution in [2.75, 3.05) is 26.3 Å². The molecular formula is C22H27NO3. The SMILES string of the molecule is CCCCC(Oc1cccc(C(=O)N2CCOCC2)c1)c1ccccc1. The third kappa shape index (κ3) is 4.85. The minimum absolute atomic E-state index is 0.00453. The van der Waals surface area contributed by atoms with E-state index in [0.717, 1.165) is 25.0 Å². The predicted molar refractivity (Wildman–Crippen MR) is 103 cm³/mol. The summed E-state index contributed by atoms with van der Waals surface area (Å²) in [6.45, 7) is 4.69. The van der Waals surface area contributed by atoms with Gasteiger partial charge in [-0.25, -0.2) is 0 Å². The number of unbranched alkanes of at least 4 members (excludes halogenated alkanes) is 1. The number of ether oxygens (including phenoxy) is 2. The molecule has 2 aromatic rings. The number of hydrogen-bond donors (Lipinski definition) is 0. The van der Waals surface area contributed by atoms with Crippen LogP contribution in [0.4, 0.5) is 0 Å². The van der Waals surface area contributed by atoms with Crippen LogP contribution in [-0.2, 0) is 4.74 Å². The maximum absolute atomic E-state index is 12.7. The smallest absolute Gasteiger partial charge is 0.254 e. The van der Waals surface area contributed by atoms with Crippen LogP contribution in [0, 0.1) is 0 Å². The normalized spacial score (nSPS) is 15.5. The topological polar surface area (TPSA) is 38.8 Å². The molecule has 26 heavy (non-hydrogen) atoms. The molecule has 1 aliphatic rings. The molecule has 1 heterocycles. The Labute approximate surface area is 155 Å². The van der Waals surface area contributed by atoms with Crippen LogP contribution >= 0.6 is 0 Å². The van der Waals surface area contributed by atoms with Gasteiger partial charge in [0.15, 0.2) is 0 Å². The van der Waals surface area contributed by atoms with Crippen molar-refractivity contribution in [1.29, 1.82) is 0 Å². The van der Waals surface area contributed by atoms with Gasteiger partial charge in [-0.2, -0.15) is 0 Å². The van der Waals surface area contributed by atoms with Gasteiger partial charge in [0, 0.05) is 18.7 Å². The van der Waals surface area contributed by atoms with Crippen molar-refractivity contribution >= 4 is 5.91 Å². The van der Waals surface area contributed by atoms with E-state index in [-0.39, 0.29) is 12.0 Å². The summed E-state index contributed by atoms with van der Waals surface area (Å²) in [5, 5.41) is 0. The molecule has 3 rings (SSSR count). The second-order valence-electron chi connectivity index (χ2n) is 6.59. The zero-order valence-electron chi connectivity index (χ0n) is 15.4. The Morgan fingerprint density at radius 1 is 1.12 bits per heavy atom. The first kappa shape index (κ1) is 18.5. The van der Waals surface area contributed by atoms with Crippen molar-refractivity contribution in [3.63, 3.8) is 0 Å². The first-order chi connectivity index (χ1) is 12.8. The van der Waals surface area contributed by atoms with E-state index in [2.05, 4.69) is 19.1 Å². The maximum Gasteiger partial charge on any atom is 0.254 e. The summed E-state index contributed by atoms with van der Waals surface area (Å²) >= 11 is 0. The third-order valence-electron chi connectivity index (χ3n) is 4.65. The largest absolute Gasteiger partial charge is 0.486 e. The zero-order valence-corrected chi connectivity index (χ0v) is 15.4. The van der Waals surface area contributed by atoms with Crippen LogP contribution in [0.25, 0.3) is 0 Å². The van der Waals surface area contributed by atoms with Crippen LogP contribution in [-0.4, -0.2) is 37.1 Å². The van der Waals surface area contributed by atoms with Gasteiger partial charge < -0.3 is 14.4 Å². The first-order valence-corrected chi connectivity index (χ1v) is 9.46. The van der Waals surface area contributed by atoms with Gasteiger partial charge >= 0.3 is 0 Å². The van der Waals surface area contributed by atoms with Gasteiger partial charge in [-0.15, -0.1) is 0 Å². The van der Waals surface area contributed by atoms with Crippen LogP contribution in [0.2, 0.25) is 0 Å². The Hall–Kier alpha value is -2.33. The molecule has 1 amide bonds. The van der Waals surface area contributed by atoms with Crippen molar-refractivity contribution < 1.29 is 14.3 Å². The minimum atomic E-state index is 0.00453. The van der Waals surface area contributed by atoms with Crippen LogP contribution < -0.4 is 4.74 Å². The number of carbonyl (C=O) groups is 1. The molecule has 0 saturated carbocycles. The molecule has 0 radical (unpaired) electrons. The predicted octanol–water partition coefficient (Wildman–Crippen LogP) is 4.47. The highest BCUT2D eigenvalue weighted by atomic mass is 16.5. The molecule has 1 fully saturated rings. The molecule has 1 aliphatic heterocycles. The molecule has 1 saturated heterocycles. The van der Waals surface area contributed by atoms with Gasteiger partial charge in [0.25, 0.3) is 5.91 Å². The number of benzene rings is 2. The molecule has 1 atom stereocenters. The lowest BCUT2D eigenvalue weighted by Crippen LogP contribution is -2.40. The molecule has 0 aromatic heterocycles. The summed E-state index contributed by atoms with van der Waals surface area (Å²) in [6.07, 6.45) is 3.20. The van der Waals surface area contributed by atoms with E-state index < -0.39 is 0 Å². The number of amides is 1. The average molecular weight is 353 g/mol. The van der Waals surface area contributed by atoms with Crippen molar-refractivity contribution in [2.45, 2.75) is 32.3 Å². The lowest BCUT2D eigenvalue weighted by atomic mass is 10.0. The summed E-state index contributed by atoms with van der Waals surface area (Å²) in [4.78, 5) is 14.5. The van der Waals surface area contributed by atoms with Gasteiger partial charge in [0.2, 0.25) is 0 Å². The Bertz CT molecular complexity index is 696. The van der Waals surface area contributed by atoms with Gasteiger partial charge in [-0.1, -0.05) is 49.7 Å². The molecule has 1 unspecified atom stereocenters. The molecule has 0 spiro atoms. The highest BCUT2D eigenvalue weighted by molar-refractivity contribution is 5.94. The highest BCUT2D eigenvalue weighted by Crippen LogP contribution is 2.27. The number of morpholine rings is 1. The van der Waals surface area contributed by atoms with Crippen molar-refractivity contribution in [1.82, 2.24) is 4.90 Å². The van der Waals surface area contributed by atoms with Crippen molar-refractivity contribution in [3.05, 3.63) is 65.7 Å². The first-order valence-electron chi connectivity index (χ1n) is 9.46. The third-order valence-corrected chi connectivity index (χ3v) is 4.65. The second kappa shape index (κ2) is 9.39. The summed E-state index contributed by atoms with van der Waals surface area (Å²) < 4.78 is 11.6. The highest BCUT2D eigenvalue weighted by Gasteiger charge is 2.19. The van der Waals surface area contributed by atoms with Crippen LogP contribution in [0.1, 0.15) is 48.2 Å². The number of rotatable bonds is 7. The monoisotopic (exact) mass is 353 g/mol. The molecular weight excluding hydrogens is 326 g/mol. The van der Waals surface area contributed by atoms with E-state index in [1.54, 1.807) is 0 Å². The molecule has 0 aliphatic carbocycles. The lowest BCUT2D eigenvalue weighted by Gasteiger charge is -2.27. The summed E-state index contributed by atoms with van der Waals surface area (Å²) in [7, 11) is 0. The van der Waals surface area contributed by atoms with Crippen LogP contribution in [0.5, 0.6) is 5.75 Å². The molecule has 4 nitrogen and oxygen atoms in total. The van der Waals surface area contributed by atoms with Gasteiger partial charge in [-0.05, 0) is 36.6 Å². The maximum atomic E-state index is 12.7. The lowest BCUT2D eigenvalue weighted by molar-refractivity contribution is 0.0302. The second-order valence-corrected chi connectivity index (χ2v) is 6.59. The standard InChI is InChI=1S/C22H27NO3/c1-2-3-12-21(18-8-5-4-6-9-18)26-20-11-7-10-19(17-20)22(24)23-13-15-25-16-14-23/h4-11,17,21H,2-3,12-16H2,1H3. The molecule has 0 bridgehead atoms. The summed E-state index contributed by atoms with van der Waals surface area (Å²) in [5.74, 6) is 0.789. The van der Waals surface area contributed by atoms with Crippen molar-refractivity contribution in [2.24, 2.45) is 0 Å². The fourth-order valence-corrected chi connectivity index (χ4v) is 3.17. The quantitative estimate of drug-likeness (QED) is 0.737. The van der Waals surface area contributed by atoms with Gasteiger partial charge in [-0.3, -0.25) is 4.79 Å². The van der Waals surface area contributed by atoms with Crippen molar-refractivity contribution in [3.8, 4) is 5.75 Å². The van der Waals surface area contributed by atoms with Crippen LogP contribution in [0.3, 0.4) is 0 Å².